The Morgan fingerprint density at radius 1 is 1.24 bits per heavy atom. The van der Waals surface area contributed by atoms with Gasteiger partial charge in [-0.05, 0) is 57.4 Å². The lowest BCUT2D eigenvalue weighted by Crippen LogP contribution is -2.18. The van der Waals surface area contributed by atoms with E-state index in [4.69, 9.17) is 15.2 Å². The summed E-state index contributed by atoms with van der Waals surface area (Å²) in [6.07, 6.45) is 6.21. The molecule has 0 bridgehead atoms. The summed E-state index contributed by atoms with van der Waals surface area (Å²) in [7, 11) is 0. The molecule has 5 rings (SSSR count). The lowest BCUT2D eigenvalue weighted by atomic mass is 9.92. The van der Waals surface area contributed by atoms with Gasteiger partial charge in [0, 0.05) is 28.7 Å². The third kappa shape index (κ3) is 4.31. The highest BCUT2D eigenvalue weighted by molar-refractivity contribution is 6.01. The van der Waals surface area contributed by atoms with Crippen molar-refractivity contribution < 1.29 is 14.3 Å². The molecule has 176 valence electrons. The van der Waals surface area contributed by atoms with Crippen molar-refractivity contribution in [3.05, 3.63) is 60.7 Å². The number of amides is 1. The van der Waals surface area contributed by atoms with E-state index in [1.807, 2.05) is 50.2 Å². The standard InChI is InChI=1S/C26H29N5O3/c1-16(2)34-26(32)30-18-8-6-17(7-9-18)25-24(27)22-11-10-21(33-14-19-13-28-15-29-19)12-23(22)31(25)20-4-3-5-20/h6-13,15-16,20H,3-5,14,27H2,1-2H3,(H,28,29)(H,30,32). The molecule has 2 aromatic heterocycles. The maximum Gasteiger partial charge on any atom is 0.411 e. The Morgan fingerprint density at radius 2 is 2.03 bits per heavy atom. The molecule has 4 N–H and O–H groups in total. The number of rotatable bonds is 7. The van der Waals surface area contributed by atoms with E-state index in [0.29, 0.717) is 18.3 Å². The van der Waals surface area contributed by atoms with Gasteiger partial charge in [-0.1, -0.05) is 12.1 Å². The highest BCUT2D eigenvalue weighted by Gasteiger charge is 2.27. The molecule has 0 radical (unpaired) electrons. The van der Waals surface area contributed by atoms with Crippen LogP contribution >= 0.6 is 0 Å². The Balaban J connectivity index is 1.47. The number of nitrogens with two attached hydrogens (primary N) is 1. The molecule has 4 aromatic rings. The van der Waals surface area contributed by atoms with Gasteiger partial charge in [0.25, 0.3) is 0 Å². The topological polar surface area (TPSA) is 107 Å². The molecule has 8 nitrogen and oxygen atoms in total. The Morgan fingerprint density at radius 3 is 2.68 bits per heavy atom. The van der Waals surface area contributed by atoms with Crippen LogP contribution in [0.2, 0.25) is 0 Å². The Hall–Kier alpha value is -3.94. The molecule has 2 heterocycles. The number of fused-ring (bicyclic) bond motifs is 1. The maximum absolute atomic E-state index is 11.9. The van der Waals surface area contributed by atoms with Crippen molar-refractivity contribution in [3.63, 3.8) is 0 Å². The summed E-state index contributed by atoms with van der Waals surface area (Å²) >= 11 is 0. The number of ether oxygens (including phenoxy) is 2. The third-order valence-corrected chi connectivity index (χ3v) is 6.15. The second-order valence-electron chi connectivity index (χ2n) is 8.92. The van der Waals surface area contributed by atoms with E-state index in [0.717, 1.165) is 52.1 Å². The number of nitrogens with zero attached hydrogens (tertiary/aromatic N) is 2. The van der Waals surface area contributed by atoms with E-state index in [9.17, 15) is 4.79 Å². The van der Waals surface area contributed by atoms with Gasteiger partial charge in [-0.25, -0.2) is 9.78 Å². The lowest BCUT2D eigenvalue weighted by molar-refractivity contribution is 0.130. The molecule has 1 saturated carbocycles. The average Bonchev–Trinajstić information content (AvgIpc) is 3.38. The summed E-state index contributed by atoms with van der Waals surface area (Å²) < 4.78 is 13.5. The van der Waals surface area contributed by atoms with Crippen molar-refractivity contribution in [2.75, 3.05) is 11.1 Å². The van der Waals surface area contributed by atoms with Crippen LogP contribution in [0.3, 0.4) is 0 Å². The first kappa shape index (κ1) is 21.9. The lowest BCUT2D eigenvalue weighted by Gasteiger charge is -2.30. The zero-order valence-electron chi connectivity index (χ0n) is 19.4. The molecule has 0 saturated heterocycles. The van der Waals surface area contributed by atoms with Gasteiger partial charge < -0.3 is 24.8 Å². The SMILES string of the molecule is CC(C)OC(=O)Nc1ccc(-c2c(N)c3ccc(OCc4cnc[nH]4)cc3n2C2CCC2)cc1. The average molecular weight is 460 g/mol. The van der Waals surface area contributed by atoms with E-state index in [-0.39, 0.29) is 6.10 Å². The van der Waals surface area contributed by atoms with Gasteiger partial charge in [0.2, 0.25) is 0 Å². The summed E-state index contributed by atoms with van der Waals surface area (Å²) in [5.74, 6) is 0.787. The molecule has 1 fully saturated rings. The van der Waals surface area contributed by atoms with Crippen LogP contribution in [-0.2, 0) is 11.3 Å². The molecule has 1 aliphatic carbocycles. The highest BCUT2D eigenvalue weighted by Crippen LogP contribution is 2.45. The first-order valence-electron chi connectivity index (χ1n) is 11.6. The number of carbonyl (C=O) groups excluding carboxylic acids is 1. The molecule has 0 aliphatic heterocycles. The minimum atomic E-state index is -0.464. The number of hydrogen-bond acceptors (Lipinski definition) is 5. The summed E-state index contributed by atoms with van der Waals surface area (Å²) in [5, 5.41) is 3.78. The van der Waals surface area contributed by atoms with Gasteiger partial charge in [-0.2, -0.15) is 0 Å². The van der Waals surface area contributed by atoms with Crippen molar-refractivity contribution in [2.24, 2.45) is 0 Å². The van der Waals surface area contributed by atoms with Gasteiger partial charge in [0.15, 0.2) is 0 Å². The zero-order valence-corrected chi connectivity index (χ0v) is 19.4. The first-order chi connectivity index (χ1) is 16.5. The van der Waals surface area contributed by atoms with E-state index in [1.54, 1.807) is 12.5 Å². The van der Waals surface area contributed by atoms with Crippen molar-refractivity contribution in [1.29, 1.82) is 0 Å². The van der Waals surface area contributed by atoms with Crippen LogP contribution in [0.4, 0.5) is 16.2 Å². The van der Waals surface area contributed by atoms with E-state index in [2.05, 4.69) is 25.9 Å². The van der Waals surface area contributed by atoms with Gasteiger partial charge in [-0.15, -0.1) is 0 Å². The third-order valence-electron chi connectivity index (χ3n) is 6.15. The molecule has 2 aromatic carbocycles. The van der Waals surface area contributed by atoms with E-state index >= 15 is 0 Å². The van der Waals surface area contributed by atoms with E-state index < -0.39 is 6.09 Å². The number of aromatic amines is 1. The van der Waals surface area contributed by atoms with Gasteiger partial charge in [0.05, 0.1) is 41.2 Å². The number of aromatic nitrogens is 3. The van der Waals surface area contributed by atoms with Crippen LogP contribution in [0, 0.1) is 0 Å². The van der Waals surface area contributed by atoms with Crippen LogP contribution in [0.25, 0.3) is 22.2 Å². The van der Waals surface area contributed by atoms with Crippen molar-refractivity contribution in [2.45, 2.75) is 51.9 Å². The number of anilines is 2. The Bertz CT molecular complexity index is 1290. The molecule has 1 amide bonds. The predicted molar refractivity (Wildman–Crippen MR) is 133 cm³/mol. The number of nitrogen functional groups attached to an aromatic ring is 1. The fraction of sp³-hybridized carbons (Fsp3) is 0.308. The van der Waals surface area contributed by atoms with Crippen LogP contribution in [0.5, 0.6) is 5.75 Å². The smallest absolute Gasteiger partial charge is 0.411 e. The number of hydrogen-bond donors (Lipinski definition) is 3. The zero-order chi connectivity index (χ0) is 23.7. The monoisotopic (exact) mass is 459 g/mol. The van der Waals surface area contributed by atoms with Crippen LogP contribution in [-0.4, -0.2) is 26.7 Å². The second kappa shape index (κ2) is 9.13. The molecular formula is C26H29N5O3. The highest BCUT2D eigenvalue weighted by atomic mass is 16.6. The van der Waals surface area contributed by atoms with Gasteiger partial charge in [0.1, 0.15) is 12.4 Å². The van der Waals surface area contributed by atoms with Crippen molar-refractivity contribution >= 4 is 28.4 Å². The Labute approximate surface area is 198 Å². The molecular weight excluding hydrogens is 430 g/mol. The molecule has 34 heavy (non-hydrogen) atoms. The van der Waals surface area contributed by atoms with Gasteiger partial charge in [-0.3, -0.25) is 5.32 Å². The van der Waals surface area contributed by atoms with Crippen LogP contribution in [0.1, 0.15) is 44.8 Å². The molecule has 1 aliphatic rings. The minimum absolute atomic E-state index is 0.175. The van der Waals surface area contributed by atoms with E-state index in [1.165, 1.54) is 6.42 Å². The number of carbonyl (C=O) groups is 1. The number of benzene rings is 2. The molecule has 0 spiro atoms. The maximum atomic E-state index is 11.9. The second-order valence-corrected chi connectivity index (χ2v) is 8.92. The van der Waals surface area contributed by atoms with Gasteiger partial charge >= 0.3 is 6.09 Å². The van der Waals surface area contributed by atoms with Crippen molar-refractivity contribution in [3.8, 4) is 17.0 Å². The fourth-order valence-electron chi connectivity index (χ4n) is 4.32. The van der Waals surface area contributed by atoms with Crippen LogP contribution in [0.15, 0.2) is 55.0 Å². The molecule has 8 heteroatoms. The number of H-pyrrole nitrogens is 1. The quantitative estimate of drug-likeness (QED) is 0.320. The first-order valence-corrected chi connectivity index (χ1v) is 11.6. The largest absolute Gasteiger partial charge is 0.487 e. The normalized spacial score (nSPS) is 13.7. The summed E-state index contributed by atoms with van der Waals surface area (Å²) in [6.45, 7) is 4.06. The fourth-order valence-corrected chi connectivity index (χ4v) is 4.32. The number of nitrogens with one attached hydrogen (secondary N) is 2. The summed E-state index contributed by atoms with van der Waals surface area (Å²) in [4.78, 5) is 19.0. The predicted octanol–water partition coefficient (Wildman–Crippen LogP) is 5.87. The minimum Gasteiger partial charge on any atom is -0.487 e. The van der Waals surface area contributed by atoms with Crippen molar-refractivity contribution in [1.82, 2.24) is 14.5 Å². The van der Waals surface area contributed by atoms with Crippen LogP contribution < -0.4 is 15.8 Å². The number of imidazole rings is 1. The molecule has 0 unspecified atom stereocenters. The summed E-state index contributed by atoms with van der Waals surface area (Å²) in [5.41, 5.74) is 12.1. The Kier molecular flexibility index (Phi) is 5.88. The molecule has 0 atom stereocenters. The summed E-state index contributed by atoms with van der Waals surface area (Å²) in [6, 6.07) is 14.2.